The molecular weight excluding hydrogens is 438 g/mol. The van der Waals surface area contributed by atoms with Crippen LogP contribution in [0.1, 0.15) is 22.3 Å². The summed E-state index contributed by atoms with van der Waals surface area (Å²) < 4.78 is 4.06. The Hall–Kier alpha value is -4.42. The van der Waals surface area contributed by atoms with Gasteiger partial charge in [0, 0.05) is 58.9 Å². The number of nitrogens with zero attached hydrogens (tertiary/aromatic N) is 2. The molecule has 5 aromatic rings. The van der Waals surface area contributed by atoms with Crippen LogP contribution in [0.25, 0.3) is 33.0 Å². The van der Waals surface area contributed by atoms with Crippen molar-refractivity contribution in [2.75, 3.05) is 0 Å². The molecule has 2 aromatic heterocycles. The number of aliphatic hydroxyl groups is 1. The molecular formula is C29H23N3O3. The Balaban J connectivity index is 1.57. The monoisotopic (exact) mass is 461 g/mol. The van der Waals surface area contributed by atoms with Gasteiger partial charge in [0.15, 0.2) is 0 Å². The lowest BCUT2D eigenvalue weighted by Crippen LogP contribution is -2.22. The smallest absolute Gasteiger partial charge is 0.259 e. The third-order valence-corrected chi connectivity index (χ3v) is 6.68. The molecule has 1 aliphatic heterocycles. The zero-order chi connectivity index (χ0) is 24.1. The van der Waals surface area contributed by atoms with Gasteiger partial charge in [-0.25, -0.2) is 0 Å². The van der Waals surface area contributed by atoms with Gasteiger partial charge >= 0.3 is 0 Å². The second-order valence-electron chi connectivity index (χ2n) is 8.87. The molecule has 6 heteroatoms. The first-order valence-electron chi connectivity index (χ1n) is 11.5. The summed E-state index contributed by atoms with van der Waals surface area (Å²) in [6.07, 6.45) is 3.87. The van der Waals surface area contributed by atoms with E-state index in [1.54, 1.807) is 0 Å². The van der Waals surface area contributed by atoms with Crippen molar-refractivity contribution in [2.45, 2.75) is 13.2 Å². The van der Waals surface area contributed by atoms with E-state index in [0.717, 1.165) is 44.1 Å². The minimum Gasteiger partial charge on any atom is -0.392 e. The summed E-state index contributed by atoms with van der Waals surface area (Å²) in [6.45, 7) is 0.551. The number of benzene rings is 3. The van der Waals surface area contributed by atoms with Gasteiger partial charge in [0.25, 0.3) is 11.8 Å². The van der Waals surface area contributed by atoms with Gasteiger partial charge in [0.2, 0.25) is 0 Å². The molecule has 3 heterocycles. The van der Waals surface area contributed by atoms with Crippen molar-refractivity contribution in [1.29, 1.82) is 0 Å². The maximum atomic E-state index is 13.2. The molecule has 0 atom stereocenters. The lowest BCUT2D eigenvalue weighted by atomic mass is 9.95. The molecule has 6 rings (SSSR count). The van der Waals surface area contributed by atoms with Crippen LogP contribution in [0.2, 0.25) is 0 Å². The van der Waals surface area contributed by atoms with Gasteiger partial charge < -0.3 is 14.2 Å². The van der Waals surface area contributed by atoms with Crippen molar-refractivity contribution >= 4 is 44.8 Å². The fourth-order valence-corrected chi connectivity index (χ4v) is 5.11. The number of aromatic nitrogens is 2. The van der Waals surface area contributed by atoms with Crippen LogP contribution in [0.15, 0.2) is 85.2 Å². The zero-order valence-electron chi connectivity index (χ0n) is 19.2. The molecule has 2 amide bonds. The van der Waals surface area contributed by atoms with Gasteiger partial charge in [-0.1, -0.05) is 60.7 Å². The van der Waals surface area contributed by atoms with Crippen molar-refractivity contribution in [3.63, 3.8) is 0 Å². The summed E-state index contributed by atoms with van der Waals surface area (Å²) in [4.78, 5) is 26.3. The number of aliphatic hydroxyl groups excluding tert-OH is 1. The Morgan fingerprint density at radius 2 is 1.34 bits per heavy atom. The maximum Gasteiger partial charge on any atom is 0.259 e. The van der Waals surface area contributed by atoms with E-state index in [0.29, 0.717) is 17.7 Å². The number of carbonyl (C=O) groups is 2. The third kappa shape index (κ3) is 3.38. The number of imide groups is 1. The van der Waals surface area contributed by atoms with Crippen LogP contribution in [-0.2, 0) is 29.8 Å². The highest BCUT2D eigenvalue weighted by molar-refractivity contribution is 6.50. The minimum absolute atomic E-state index is 0.0188. The van der Waals surface area contributed by atoms with Crippen LogP contribution in [0, 0.1) is 0 Å². The number of rotatable bonds is 5. The van der Waals surface area contributed by atoms with Crippen molar-refractivity contribution < 1.29 is 14.7 Å². The van der Waals surface area contributed by atoms with Crippen LogP contribution in [0.3, 0.4) is 0 Å². The average Bonchev–Trinajstić information content (AvgIpc) is 3.50. The van der Waals surface area contributed by atoms with Gasteiger partial charge in [-0.2, -0.15) is 0 Å². The van der Waals surface area contributed by atoms with Crippen molar-refractivity contribution in [2.24, 2.45) is 7.05 Å². The molecule has 6 nitrogen and oxygen atoms in total. The van der Waals surface area contributed by atoms with Crippen LogP contribution >= 0.6 is 0 Å². The number of para-hydroxylation sites is 2. The summed E-state index contributed by atoms with van der Waals surface area (Å²) in [5, 5.41) is 13.9. The number of nitrogens with one attached hydrogen (secondary N) is 1. The first-order chi connectivity index (χ1) is 17.0. The first-order valence-corrected chi connectivity index (χ1v) is 11.5. The number of hydrogen-bond donors (Lipinski definition) is 2. The second-order valence-corrected chi connectivity index (χ2v) is 8.87. The summed E-state index contributed by atoms with van der Waals surface area (Å²) in [5.41, 5.74) is 6.11. The quantitative estimate of drug-likeness (QED) is 0.385. The van der Waals surface area contributed by atoms with Crippen LogP contribution in [0.5, 0.6) is 0 Å². The predicted molar refractivity (Wildman–Crippen MR) is 136 cm³/mol. The number of fused-ring (bicyclic) bond motifs is 2. The molecule has 0 spiro atoms. The van der Waals surface area contributed by atoms with Crippen LogP contribution < -0.4 is 5.32 Å². The highest BCUT2D eigenvalue weighted by atomic mass is 16.3. The maximum absolute atomic E-state index is 13.2. The van der Waals surface area contributed by atoms with Crippen molar-refractivity contribution in [3.8, 4) is 0 Å². The van der Waals surface area contributed by atoms with E-state index in [2.05, 4.69) is 9.88 Å². The van der Waals surface area contributed by atoms with Gasteiger partial charge in [-0.15, -0.1) is 0 Å². The van der Waals surface area contributed by atoms with Gasteiger partial charge in [-0.05, 0) is 23.3 Å². The van der Waals surface area contributed by atoms with E-state index in [1.165, 1.54) is 0 Å². The third-order valence-electron chi connectivity index (χ3n) is 6.68. The SMILES string of the molecule is Cn1cc(C2=C(c3cn(Cc4cccc(CO)c4)c4ccccc34)C(=O)NC2=O)c2ccccc21. The summed E-state index contributed by atoms with van der Waals surface area (Å²) in [6, 6.07) is 23.6. The van der Waals surface area contributed by atoms with Gasteiger partial charge in [0.05, 0.1) is 17.8 Å². The fourth-order valence-electron chi connectivity index (χ4n) is 5.11. The summed E-state index contributed by atoms with van der Waals surface area (Å²) in [7, 11) is 1.94. The van der Waals surface area contributed by atoms with E-state index < -0.39 is 0 Å². The predicted octanol–water partition coefficient (Wildman–Crippen LogP) is 4.24. The molecule has 0 bridgehead atoms. The molecule has 0 saturated carbocycles. The molecule has 0 saturated heterocycles. The highest BCUT2D eigenvalue weighted by Crippen LogP contribution is 2.38. The number of carbonyl (C=O) groups excluding carboxylic acids is 2. The Labute approximate surface area is 201 Å². The zero-order valence-corrected chi connectivity index (χ0v) is 19.2. The lowest BCUT2D eigenvalue weighted by molar-refractivity contribution is -0.122. The molecule has 2 N–H and O–H groups in total. The Morgan fingerprint density at radius 1 is 0.743 bits per heavy atom. The Kier molecular flexibility index (Phi) is 4.90. The van der Waals surface area contributed by atoms with E-state index in [9.17, 15) is 14.7 Å². The van der Waals surface area contributed by atoms with Crippen molar-refractivity contribution in [1.82, 2.24) is 14.5 Å². The van der Waals surface area contributed by atoms with Crippen LogP contribution in [0.4, 0.5) is 0 Å². The van der Waals surface area contributed by atoms with Crippen LogP contribution in [-0.4, -0.2) is 26.1 Å². The molecule has 3 aromatic carbocycles. The van der Waals surface area contributed by atoms with E-state index in [1.807, 2.05) is 96.8 Å². The highest BCUT2D eigenvalue weighted by Gasteiger charge is 2.35. The molecule has 0 unspecified atom stereocenters. The standard InChI is InChI=1S/C29H23N3O3/c1-31-15-22(20-9-2-4-11-24(20)31)26-27(29(35)30-28(26)34)23-16-32(25-12-5-3-10-21(23)25)14-18-7-6-8-19(13-18)17-33/h2-13,15-16,33H,14,17H2,1H3,(H,30,34,35). The summed E-state index contributed by atoms with van der Waals surface area (Å²) in [5.74, 6) is -0.767. The average molecular weight is 462 g/mol. The molecule has 0 aliphatic carbocycles. The normalized spacial score (nSPS) is 13.9. The van der Waals surface area contributed by atoms with E-state index in [4.69, 9.17) is 0 Å². The second kappa shape index (κ2) is 8.11. The first kappa shape index (κ1) is 21.1. The summed E-state index contributed by atoms with van der Waals surface area (Å²) >= 11 is 0. The Morgan fingerprint density at radius 3 is 2.06 bits per heavy atom. The molecule has 172 valence electrons. The van der Waals surface area contributed by atoms with Gasteiger partial charge in [0.1, 0.15) is 0 Å². The molecule has 0 radical (unpaired) electrons. The van der Waals surface area contributed by atoms with Crippen molar-refractivity contribution in [3.05, 3.63) is 107 Å². The minimum atomic E-state index is -0.386. The lowest BCUT2D eigenvalue weighted by Gasteiger charge is -2.07. The fraction of sp³-hybridized carbons (Fsp3) is 0.103. The molecule has 35 heavy (non-hydrogen) atoms. The number of hydrogen-bond acceptors (Lipinski definition) is 3. The van der Waals surface area contributed by atoms with E-state index >= 15 is 0 Å². The topological polar surface area (TPSA) is 76.3 Å². The number of amides is 2. The largest absolute Gasteiger partial charge is 0.392 e. The molecule has 1 aliphatic rings. The molecule has 0 fully saturated rings. The number of aryl methyl sites for hydroxylation is 1. The van der Waals surface area contributed by atoms with Gasteiger partial charge in [-0.3, -0.25) is 14.9 Å². The Bertz CT molecular complexity index is 1690. The van der Waals surface area contributed by atoms with E-state index in [-0.39, 0.29) is 18.4 Å².